The highest BCUT2D eigenvalue weighted by Gasteiger charge is 2.22. The van der Waals surface area contributed by atoms with Crippen LogP contribution in [0.1, 0.15) is 25.6 Å². The number of nitrogens with zero attached hydrogens (tertiary/aromatic N) is 2. The number of hydrogen-bond donors (Lipinski definition) is 4. The summed E-state index contributed by atoms with van der Waals surface area (Å²) in [5.41, 5.74) is 2.03. The quantitative estimate of drug-likeness (QED) is 0.150. The largest absolute Gasteiger partial charge is 0.467 e. The third-order valence-corrected chi connectivity index (χ3v) is 6.62. The Morgan fingerprint density at radius 2 is 1.68 bits per heavy atom. The van der Waals surface area contributed by atoms with Crippen molar-refractivity contribution in [3.8, 4) is 34.2 Å². The molecule has 0 aliphatic heterocycles. The molecule has 2 aromatic heterocycles. The number of carbonyl (C=O) groups is 3. The second kappa shape index (κ2) is 13.7. The molecule has 4 rings (SSSR count). The summed E-state index contributed by atoms with van der Waals surface area (Å²) in [7, 11) is 1.50. The first-order valence-electron chi connectivity index (χ1n) is 12.3. The molecule has 41 heavy (non-hydrogen) atoms. The van der Waals surface area contributed by atoms with E-state index in [2.05, 4.69) is 27.0 Å². The Morgan fingerprint density at radius 3 is 2.39 bits per heavy atom. The molecular weight excluding hydrogens is 546 g/mol. The van der Waals surface area contributed by atoms with E-state index in [-0.39, 0.29) is 36.8 Å². The molecule has 0 aliphatic rings. The molecule has 0 unspecified atom stereocenters. The summed E-state index contributed by atoms with van der Waals surface area (Å²) in [4.78, 5) is 42.0. The van der Waals surface area contributed by atoms with Gasteiger partial charge in [0.05, 0.1) is 10.6 Å². The van der Waals surface area contributed by atoms with E-state index in [0.717, 1.165) is 0 Å². The van der Waals surface area contributed by atoms with Gasteiger partial charge in [-0.15, -0.1) is 11.3 Å². The van der Waals surface area contributed by atoms with Crippen LogP contribution in [0.5, 0.6) is 5.75 Å². The Bertz CT molecular complexity index is 1600. The van der Waals surface area contributed by atoms with E-state index >= 15 is 0 Å². The number of pyridine rings is 1. The van der Waals surface area contributed by atoms with Crippen molar-refractivity contribution in [2.75, 3.05) is 32.3 Å². The fraction of sp³-hybridized carbons (Fsp3) is 0.138. The molecule has 3 amide bonds. The number of methoxy groups -OCH3 is 1. The van der Waals surface area contributed by atoms with Gasteiger partial charge < -0.3 is 30.5 Å². The third kappa shape index (κ3) is 7.04. The molecule has 4 N–H and O–H groups in total. The average molecular weight is 572 g/mol. The average Bonchev–Trinajstić information content (AvgIpc) is 3.53. The number of anilines is 1. The topological polar surface area (TPSA) is 163 Å². The van der Waals surface area contributed by atoms with Crippen molar-refractivity contribution in [2.45, 2.75) is 0 Å². The summed E-state index contributed by atoms with van der Waals surface area (Å²) in [5.74, 6) is -0.429. The first kappa shape index (κ1) is 28.8. The number of carbonyl (C=O) groups excluding carboxylic acids is 2. The summed E-state index contributed by atoms with van der Waals surface area (Å²) in [5, 5.41) is 28.4. The van der Waals surface area contributed by atoms with Crippen LogP contribution in [0.4, 0.5) is 10.6 Å². The summed E-state index contributed by atoms with van der Waals surface area (Å²) in [6.07, 6.45) is -1.20. The predicted molar refractivity (Wildman–Crippen MR) is 153 cm³/mol. The number of nitrogens with one attached hydrogen (secondary N) is 3. The molecule has 0 bridgehead atoms. The highest BCUT2D eigenvalue weighted by Crippen LogP contribution is 2.37. The van der Waals surface area contributed by atoms with E-state index < -0.39 is 17.9 Å². The number of nitriles is 1. The number of aromatic nitrogens is 1. The molecule has 2 heterocycles. The molecule has 0 aliphatic carbocycles. The zero-order chi connectivity index (χ0) is 29.2. The Hall–Kier alpha value is -5.25. The molecule has 0 saturated carbocycles. The summed E-state index contributed by atoms with van der Waals surface area (Å²) >= 11 is 1.24. The third-order valence-electron chi connectivity index (χ3n) is 5.75. The Balaban J connectivity index is 1.84. The Kier molecular flexibility index (Phi) is 9.61. The van der Waals surface area contributed by atoms with Crippen LogP contribution in [-0.4, -0.2) is 55.0 Å². The van der Waals surface area contributed by atoms with E-state index in [1.54, 1.807) is 72.1 Å². The molecule has 0 fully saturated rings. The lowest BCUT2D eigenvalue weighted by Crippen LogP contribution is -2.34. The van der Waals surface area contributed by atoms with E-state index in [0.29, 0.717) is 33.0 Å². The molecule has 0 saturated heterocycles. The van der Waals surface area contributed by atoms with Crippen LogP contribution in [0, 0.1) is 11.3 Å². The number of ether oxygens (including phenoxy) is 2. The van der Waals surface area contributed by atoms with E-state index in [1.807, 2.05) is 0 Å². The minimum atomic E-state index is -1.20. The first-order valence-corrected chi connectivity index (χ1v) is 13.2. The number of hydrogen-bond acceptors (Lipinski definition) is 8. The van der Waals surface area contributed by atoms with Crippen molar-refractivity contribution in [2.24, 2.45) is 0 Å². The van der Waals surface area contributed by atoms with Gasteiger partial charge in [-0.3, -0.25) is 9.59 Å². The van der Waals surface area contributed by atoms with Gasteiger partial charge in [0.2, 0.25) is 0 Å². The number of para-hydroxylation sites is 1. The minimum Gasteiger partial charge on any atom is -0.467 e. The number of rotatable bonds is 11. The van der Waals surface area contributed by atoms with Gasteiger partial charge in [-0.05, 0) is 41.3 Å². The summed E-state index contributed by atoms with van der Waals surface area (Å²) in [6.45, 7) is 0.0591. The maximum Gasteiger partial charge on any atom is 0.404 e. The lowest BCUT2D eigenvalue weighted by atomic mass is 9.94. The highest BCUT2D eigenvalue weighted by molar-refractivity contribution is 7.12. The molecule has 0 radical (unpaired) electrons. The Labute approximate surface area is 239 Å². The van der Waals surface area contributed by atoms with Crippen LogP contribution < -0.4 is 20.7 Å². The van der Waals surface area contributed by atoms with Crippen molar-refractivity contribution in [3.05, 3.63) is 88.1 Å². The van der Waals surface area contributed by atoms with Crippen LogP contribution in [0.25, 0.3) is 22.4 Å². The maximum absolute atomic E-state index is 13.1. The van der Waals surface area contributed by atoms with Gasteiger partial charge in [-0.25, -0.2) is 9.78 Å². The van der Waals surface area contributed by atoms with Crippen LogP contribution in [0.3, 0.4) is 0 Å². The second-order valence-corrected chi connectivity index (χ2v) is 9.35. The van der Waals surface area contributed by atoms with Gasteiger partial charge in [0.25, 0.3) is 11.8 Å². The van der Waals surface area contributed by atoms with Gasteiger partial charge in [0, 0.05) is 36.9 Å². The van der Waals surface area contributed by atoms with E-state index in [4.69, 9.17) is 14.6 Å². The molecule has 208 valence electrons. The SMILES string of the molecule is COCOc1ccccc1-c1cc(-c2ccccc2C(=O)NCCNC(=O)O)c(C#N)c(NC(=O)c2cccs2)n1. The first-order chi connectivity index (χ1) is 19.9. The lowest BCUT2D eigenvalue weighted by molar-refractivity contribution is 0.0515. The van der Waals surface area contributed by atoms with Crippen molar-refractivity contribution >= 4 is 35.1 Å². The molecule has 2 aromatic carbocycles. The Morgan fingerprint density at radius 1 is 0.951 bits per heavy atom. The normalized spacial score (nSPS) is 10.3. The predicted octanol–water partition coefficient (Wildman–Crippen LogP) is 4.58. The molecule has 0 spiro atoms. The van der Waals surface area contributed by atoms with Gasteiger partial charge >= 0.3 is 6.09 Å². The van der Waals surface area contributed by atoms with Crippen molar-refractivity contribution in [3.63, 3.8) is 0 Å². The van der Waals surface area contributed by atoms with Crippen LogP contribution in [0.2, 0.25) is 0 Å². The standard InChI is InChI=1S/C29H25N5O6S/c1-39-17-40-24-10-5-4-9-20(24)23-15-21(22(16-30)26(33-23)34-28(36)25-11-6-14-41-25)18-7-2-3-8-19(18)27(35)31-12-13-32-29(37)38/h2-11,14-15,32H,12-13,17H2,1H3,(H,31,35)(H,37,38)(H,33,34,36). The number of thiophene rings is 1. The molecule has 11 nitrogen and oxygen atoms in total. The minimum absolute atomic E-state index is 0.0120. The van der Waals surface area contributed by atoms with Crippen molar-refractivity contribution < 1.29 is 29.0 Å². The summed E-state index contributed by atoms with van der Waals surface area (Å²) < 4.78 is 10.8. The van der Waals surface area contributed by atoms with Crippen LogP contribution >= 0.6 is 11.3 Å². The summed E-state index contributed by atoms with van der Waals surface area (Å²) in [6, 6.07) is 21.0. The maximum atomic E-state index is 13.1. The monoisotopic (exact) mass is 571 g/mol. The van der Waals surface area contributed by atoms with Crippen molar-refractivity contribution in [1.82, 2.24) is 15.6 Å². The highest BCUT2D eigenvalue weighted by atomic mass is 32.1. The van der Waals surface area contributed by atoms with Gasteiger partial charge in [-0.1, -0.05) is 36.4 Å². The van der Waals surface area contributed by atoms with Gasteiger partial charge in [0.1, 0.15) is 17.4 Å². The van der Waals surface area contributed by atoms with Crippen LogP contribution in [-0.2, 0) is 4.74 Å². The van der Waals surface area contributed by atoms with Crippen LogP contribution in [0.15, 0.2) is 72.1 Å². The van der Waals surface area contributed by atoms with Crippen molar-refractivity contribution in [1.29, 1.82) is 5.26 Å². The molecule has 12 heteroatoms. The molecule has 0 atom stereocenters. The fourth-order valence-electron chi connectivity index (χ4n) is 3.96. The van der Waals surface area contributed by atoms with E-state index in [1.165, 1.54) is 18.4 Å². The van der Waals surface area contributed by atoms with Gasteiger partial charge in [-0.2, -0.15) is 5.26 Å². The fourth-order valence-corrected chi connectivity index (χ4v) is 4.58. The lowest BCUT2D eigenvalue weighted by Gasteiger charge is -2.17. The number of amides is 3. The molecule has 4 aromatic rings. The number of carboxylic acid groups (broad SMARTS) is 1. The van der Waals surface area contributed by atoms with E-state index in [9.17, 15) is 19.6 Å². The zero-order valence-corrected chi connectivity index (χ0v) is 22.7. The smallest absolute Gasteiger partial charge is 0.404 e. The van der Waals surface area contributed by atoms with Gasteiger partial charge in [0.15, 0.2) is 12.6 Å². The second-order valence-electron chi connectivity index (χ2n) is 8.40. The number of benzene rings is 2. The zero-order valence-electron chi connectivity index (χ0n) is 21.8. The molecular formula is C29H25N5O6S.